The summed E-state index contributed by atoms with van der Waals surface area (Å²) in [6.07, 6.45) is 0. The Labute approximate surface area is 123 Å². The number of rotatable bonds is 2. The Bertz CT molecular complexity index is 681. The van der Waals surface area contributed by atoms with Gasteiger partial charge in [0.05, 0.1) is 0 Å². The third kappa shape index (κ3) is 2.89. The second-order valence-corrected chi connectivity index (χ2v) is 4.67. The fourth-order valence-electron chi connectivity index (χ4n) is 2.16. The Morgan fingerprint density at radius 2 is 1.47 bits per heavy atom. The molecular weight excluding hydrogens is 277 g/mol. The van der Waals surface area contributed by atoms with Gasteiger partial charge in [0.2, 0.25) is 5.52 Å². The van der Waals surface area contributed by atoms with Gasteiger partial charge in [0.15, 0.2) is 6.54 Å². The zero-order valence-corrected chi connectivity index (χ0v) is 11.8. The van der Waals surface area contributed by atoms with E-state index >= 15 is 0 Å². The van der Waals surface area contributed by atoms with Gasteiger partial charge in [-0.2, -0.15) is 4.57 Å². The van der Waals surface area contributed by atoms with Crippen LogP contribution >= 0.6 is 11.6 Å². The lowest BCUT2D eigenvalue weighted by Gasteiger charge is -2.03. The molecule has 1 nitrogen and oxygen atoms in total. The lowest BCUT2D eigenvalue weighted by molar-refractivity contribution is -0.660. The molecule has 0 radical (unpaired) electrons. The van der Waals surface area contributed by atoms with Gasteiger partial charge >= 0.3 is 0 Å². The second kappa shape index (κ2) is 6.05. The molecule has 0 aliphatic rings. The van der Waals surface area contributed by atoms with E-state index in [1.54, 1.807) is 0 Å². The number of pyridine rings is 1. The first-order chi connectivity index (χ1) is 8.84. The van der Waals surface area contributed by atoms with E-state index in [1.165, 1.54) is 10.9 Å². The molecule has 0 spiro atoms. The summed E-state index contributed by atoms with van der Waals surface area (Å²) in [6.45, 7) is 0.793. The smallest absolute Gasteiger partial charge is 0.275 e. The van der Waals surface area contributed by atoms with Gasteiger partial charge in [-0.05, 0) is 23.7 Å². The number of halogens is 2. The van der Waals surface area contributed by atoms with Crippen LogP contribution in [0.2, 0.25) is 5.15 Å². The molecule has 0 bridgehead atoms. The Hall–Kier alpha value is -1.57. The molecule has 0 saturated heterocycles. The van der Waals surface area contributed by atoms with Gasteiger partial charge in [-0.3, -0.25) is 0 Å². The molecular formula is C16H13Cl2N. The highest BCUT2D eigenvalue weighted by Gasteiger charge is 2.13. The molecule has 0 fully saturated rings. The van der Waals surface area contributed by atoms with Gasteiger partial charge in [-0.1, -0.05) is 42.5 Å². The SMILES string of the molecule is Clc1ccc2ccccc2[n+]1Cc1ccccc1.[Cl-]. The summed E-state index contributed by atoms with van der Waals surface area (Å²) in [4.78, 5) is 0. The molecule has 0 amide bonds. The van der Waals surface area contributed by atoms with Crippen molar-refractivity contribution >= 4 is 22.5 Å². The molecule has 3 aromatic rings. The largest absolute Gasteiger partial charge is 1.00 e. The minimum atomic E-state index is 0. The fourth-order valence-corrected chi connectivity index (χ4v) is 2.38. The minimum absolute atomic E-state index is 0. The van der Waals surface area contributed by atoms with E-state index in [9.17, 15) is 0 Å². The summed E-state index contributed by atoms with van der Waals surface area (Å²) in [5, 5.41) is 1.97. The normalized spacial score (nSPS) is 10.2. The predicted molar refractivity (Wildman–Crippen MR) is 74.7 cm³/mol. The second-order valence-electron chi connectivity index (χ2n) is 4.29. The van der Waals surface area contributed by atoms with Crippen molar-refractivity contribution in [2.75, 3.05) is 0 Å². The molecule has 0 aliphatic carbocycles. The maximum atomic E-state index is 6.32. The van der Waals surface area contributed by atoms with E-state index in [1.807, 2.05) is 24.3 Å². The van der Waals surface area contributed by atoms with Crippen LogP contribution in [0.25, 0.3) is 10.9 Å². The first-order valence-electron chi connectivity index (χ1n) is 5.95. The summed E-state index contributed by atoms with van der Waals surface area (Å²) >= 11 is 6.32. The van der Waals surface area contributed by atoms with Gasteiger partial charge in [-0.15, -0.1) is 0 Å². The molecule has 2 aromatic carbocycles. The van der Waals surface area contributed by atoms with Crippen molar-refractivity contribution in [3.8, 4) is 0 Å². The number of para-hydroxylation sites is 1. The van der Waals surface area contributed by atoms with Crippen LogP contribution in [0.3, 0.4) is 0 Å². The molecule has 0 saturated carbocycles. The number of fused-ring (bicyclic) bond motifs is 1. The number of hydrogen-bond acceptors (Lipinski definition) is 0. The summed E-state index contributed by atoms with van der Waals surface area (Å²) in [5.74, 6) is 0. The molecule has 0 unspecified atom stereocenters. The van der Waals surface area contributed by atoms with Crippen molar-refractivity contribution in [3.05, 3.63) is 77.4 Å². The van der Waals surface area contributed by atoms with E-state index in [0.29, 0.717) is 0 Å². The van der Waals surface area contributed by atoms with Crippen LogP contribution in [-0.2, 0) is 6.54 Å². The highest BCUT2D eigenvalue weighted by atomic mass is 35.5. The number of benzene rings is 2. The van der Waals surface area contributed by atoms with Crippen LogP contribution in [0.5, 0.6) is 0 Å². The lowest BCUT2D eigenvalue weighted by atomic mass is 10.2. The average Bonchev–Trinajstić information content (AvgIpc) is 2.43. The molecule has 3 rings (SSSR count). The van der Waals surface area contributed by atoms with Crippen molar-refractivity contribution in [1.29, 1.82) is 0 Å². The average molecular weight is 290 g/mol. The fraction of sp³-hybridized carbons (Fsp3) is 0.0625. The van der Waals surface area contributed by atoms with Gasteiger partial charge < -0.3 is 12.4 Å². The molecule has 0 N–H and O–H groups in total. The summed E-state index contributed by atoms with van der Waals surface area (Å²) in [6, 6.07) is 22.7. The van der Waals surface area contributed by atoms with E-state index < -0.39 is 0 Å². The maximum absolute atomic E-state index is 6.32. The molecule has 96 valence electrons. The van der Waals surface area contributed by atoms with Crippen LogP contribution in [0.4, 0.5) is 0 Å². The molecule has 0 aliphatic heterocycles. The van der Waals surface area contributed by atoms with Gasteiger partial charge in [0, 0.05) is 23.1 Å². The van der Waals surface area contributed by atoms with Gasteiger partial charge in [0.25, 0.3) is 5.15 Å². The van der Waals surface area contributed by atoms with Gasteiger partial charge in [-0.25, -0.2) is 0 Å². The molecule has 0 atom stereocenters. The first kappa shape index (κ1) is 13.9. The standard InChI is InChI=1S/C16H13ClN.ClH/c17-16-11-10-14-8-4-5-9-15(14)18(16)12-13-6-2-1-3-7-13;/h1-11H,12H2;1H/q+1;/p-1. The Balaban J connectivity index is 0.00000133. The van der Waals surface area contributed by atoms with Crippen molar-refractivity contribution in [3.63, 3.8) is 0 Å². The maximum Gasteiger partial charge on any atom is 0.275 e. The molecule has 3 heteroatoms. The predicted octanol–water partition coefficient (Wildman–Crippen LogP) is 0.833. The Kier molecular flexibility index (Phi) is 4.41. The van der Waals surface area contributed by atoms with E-state index in [2.05, 4.69) is 47.0 Å². The van der Waals surface area contributed by atoms with E-state index in [0.717, 1.165) is 17.2 Å². The van der Waals surface area contributed by atoms with Crippen LogP contribution < -0.4 is 17.0 Å². The van der Waals surface area contributed by atoms with Crippen LogP contribution in [-0.4, -0.2) is 0 Å². The summed E-state index contributed by atoms with van der Waals surface area (Å²) < 4.78 is 2.13. The minimum Gasteiger partial charge on any atom is -1.00 e. The number of nitrogens with zero attached hydrogens (tertiary/aromatic N) is 1. The summed E-state index contributed by atoms with van der Waals surface area (Å²) in [5.41, 5.74) is 2.41. The lowest BCUT2D eigenvalue weighted by Crippen LogP contribution is -3.00. The van der Waals surface area contributed by atoms with Crippen LogP contribution in [0.15, 0.2) is 66.7 Å². The zero-order valence-electron chi connectivity index (χ0n) is 10.3. The molecule has 19 heavy (non-hydrogen) atoms. The summed E-state index contributed by atoms with van der Waals surface area (Å²) in [7, 11) is 0. The van der Waals surface area contributed by atoms with Gasteiger partial charge in [0.1, 0.15) is 0 Å². The van der Waals surface area contributed by atoms with Crippen molar-refractivity contribution in [2.24, 2.45) is 0 Å². The topological polar surface area (TPSA) is 3.88 Å². The Morgan fingerprint density at radius 1 is 0.789 bits per heavy atom. The van der Waals surface area contributed by atoms with Crippen molar-refractivity contribution in [2.45, 2.75) is 6.54 Å². The van der Waals surface area contributed by atoms with E-state index in [-0.39, 0.29) is 12.4 Å². The quantitative estimate of drug-likeness (QED) is 0.486. The first-order valence-corrected chi connectivity index (χ1v) is 6.33. The highest BCUT2D eigenvalue weighted by Crippen LogP contribution is 2.14. The van der Waals surface area contributed by atoms with Crippen LogP contribution in [0.1, 0.15) is 5.56 Å². The molecule has 1 heterocycles. The number of hydrogen-bond donors (Lipinski definition) is 0. The van der Waals surface area contributed by atoms with Crippen LogP contribution in [0, 0.1) is 0 Å². The molecule has 1 aromatic heterocycles. The van der Waals surface area contributed by atoms with Crippen molar-refractivity contribution in [1.82, 2.24) is 0 Å². The van der Waals surface area contributed by atoms with Crippen molar-refractivity contribution < 1.29 is 17.0 Å². The highest BCUT2D eigenvalue weighted by molar-refractivity contribution is 6.28. The van der Waals surface area contributed by atoms with E-state index in [4.69, 9.17) is 11.6 Å². The monoisotopic (exact) mass is 289 g/mol. The number of aromatic nitrogens is 1. The Morgan fingerprint density at radius 3 is 2.26 bits per heavy atom. The third-order valence-electron chi connectivity index (χ3n) is 3.07. The zero-order chi connectivity index (χ0) is 12.4. The third-order valence-corrected chi connectivity index (χ3v) is 3.40.